The standard InChI is InChI=1S/C12H18N2OS/c1-11-2-3-13-12(10-11)16-9-6-14-4-7-15-8-5-14/h2-3,10H,4-9H2,1H3. The predicted molar refractivity (Wildman–Crippen MR) is 67.0 cm³/mol. The largest absolute Gasteiger partial charge is 0.379 e. The van der Waals surface area contributed by atoms with Gasteiger partial charge in [0.2, 0.25) is 0 Å². The van der Waals surface area contributed by atoms with Gasteiger partial charge in [0.25, 0.3) is 0 Å². The van der Waals surface area contributed by atoms with Gasteiger partial charge in [-0.1, -0.05) is 0 Å². The number of nitrogens with zero attached hydrogens (tertiary/aromatic N) is 2. The fraction of sp³-hybridized carbons (Fsp3) is 0.583. The van der Waals surface area contributed by atoms with Crippen LogP contribution in [-0.4, -0.2) is 48.5 Å². The molecule has 0 aliphatic carbocycles. The van der Waals surface area contributed by atoms with E-state index >= 15 is 0 Å². The van der Waals surface area contributed by atoms with Gasteiger partial charge >= 0.3 is 0 Å². The van der Waals surface area contributed by atoms with Gasteiger partial charge < -0.3 is 4.74 Å². The van der Waals surface area contributed by atoms with Crippen molar-refractivity contribution >= 4 is 11.8 Å². The molecule has 0 spiro atoms. The van der Waals surface area contributed by atoms with E-state index < -0.39 is 0 Å². The summed E-state index contributed by atoms with van der Waals surface area (Å²) >= 11 is 1.83. The van der Waals surface area contributed by atoms with E-state index in [4.69, 9.17) is 4.74 Å². The molecular formula is C12H18N2OS. The third-order valence-corrected chi connectivity index (χ3v) is 3.56. The van der Waals surface area contributed by atoms with E-state index in [1.165, 1.54) is 5.56 Å². The Bertz CT molecular complexity index is 327. The number of aromatic nitrogens is 1. The molecular weight excluding hydrogens is 220 g/mol. The smallest absolute Gasteiger partial charge is 0.0962 e. The van der Waals surface area contributed by atoms with Crippen molar-refractivity contribution in [2.75, 3.05) is 38.6 Å². The third kappa shape index (κ3) is 3.77. The average Bonchev–Trinajstić information content (AvgIpc) is 2.30. The second-order valence-electron chi connectivity index (χ2n) is 3.97. The predicted octanol–water partition coefficient (Wildman–Crippen LogP) is 1.81. The Morgan fingerprint density at radius 1 is 1.44 bits per heavy atom. The topological polar surface area (TPSA) is 25.4 Å². The van der Waals surface area contributed by atoms with Crippen LogP contribution in [0, 0.1) is 6.92 Å². The van der Waals surface area contributed by atoms with Gasteiger partial charge in [-0.3, -0.25) is 4.90 Å². The number of hydrogen-bond acceptors (Lipinski definition) is 4. The summed E-state index contributed by atoms with van der Waals surface area (Å²) in [5, 5.41) is 1.13. The van der Waals surface area contributed by atoms with Gasteiger partial charge in [-0.15, -0.1) is 11.8 Å². The number of thioether (sulfide) groups is 1. The lowest BCUT2D eigenvalue weighted by Crippen LogP contribution is -2.37. The minimum atomic E-state index is 0.882. The maximum absolute atomic E-state index is 5.32. The number of ether oxygens (including phenoxy) is 1. The Balaban J connectivity index is 1.71. The highest BCUT2D eigenvalue weighted by molar-refractivity contribution is 7.99. The van der Waals surface area contributed by atoms with Crippen LogP contribution in [-0.2, 0) is 4.74 Å². The molecule has 0 bridgehead atoms. The lowest BCUT2D eigenvalue weighted by Gasteiger charge is -2.26. The molecule has 0 radical (unpaired) electrons. The summed E-state index contributed by atoms with van der Waals surface area (Å²) in [5.41, 5.74) is 1.28. The number of hydrogen-bond donors (Lipinski definition) is 0. The lowest BCUT2D eigenvalue weighted by atomic mass is 10.3. The van der Waals surface area contributed by atoms with E-state index in [-0.39, 0.29) is 0 Å². The molecule has 1 aromatic heterocycles. The average molecular weight is 238 g/mol. The molecule has 88 valence electrons. The zero-order valence-electron chi connectivity index (χ0n) is 9.69. The molecule has 0 N–H and O–H groups in total. The van der Waals surface area contributed by atoms with Crippen LogP contribution >= 0.6 is 11.8 Å². The molecule has 2 rings (SSSR count). The first-order valence-electron chi connectivity index (χ1n) is 5.70. The quantitative estimate of drug-likeness (QED) is 0.747. The van der Waals surface area contributed by atoms with Crippen LogP contribution in [0.3, 0.4) is 0 Å². The third-order valence-electron chi connectivity index (χ3n) is 2.65. The molecule has 1 fully saturated rings. The van der Waals surface area contributed by atoms with Crippen molar-refractivity contribution < 1.29 is 4.74 Å². The maximum Gasteiger partial charge on any atom is 0.0962 e. The lowest BCUT2D eigenvalue weighted by molar-refractivity contribution is 0.0410. The number of aryl methyl sites for hydroxylation is 1. The second-order valence-corrected chi connectivity index (χ2v) is 5.09. The van der Waals surface area contributed by atoms with Gasteiger partial charge in [0.15, 0.2) is 0 Å². The molecule has 1 aliphatic heterocycles. The van der Waals surface area contributed by atoms with Crippen LogP contribution < -0.4 is 0 Å². The molecule has 0 atom stereocenters. The van der Waals surface area contributed by atoms with Crippen molar-refractivity contribution in [2.24, 2.45) is 0 Å². The fourth-order valence-electron chi connectivity index (χ4n) is 1.69. The van der Waals surface area contributed by atoms with Crippen molar-refractivity contribution in [2.45, 2.75) is 11.9 Å². The summed E-state index contributed by atoms with van der Waals surface area (Å²) < 4.78 is 5.32. The summed E-state index contributed by atoms with van der Waals surface area (Å²) in [4.78, 5) is 6.79. The van der Waals surface area contributed by atoms with Crippen LogP contribution in [0.5, 0.6) is 0 Å². The zero-order chi connectivity index (χ0) is 11.2. The SMILES string of the molecule is Cc1ccnc(SCCN2CCOCC2)c1. The van der Waals surface area contributed by atoms with Crippen LogP contribution in [0.1, 0.15) is 5.56 Å². The van der Waals surface area contributed by atoms with E-state index in [2.05, 4.69) is 22.9 Å². The summed E-state index contributed by atoms with van der Waals surface area (Å²) in [7, 11) is 0. The van der Waals surface area contributed by atoms with E-state index in [0.29, 0.717) is 0 Å². The van der Waals surface area contributed by atoms with Crippen LogP contribution in [0.15, 0.2) is 23.4 Å². The van der Waals surface area contributed by atoms with Gasteiger partial charge in [0.05, 0.1) is 18.2 Å². The van der Waals surface area contributed by atoms with Crippen LogP contribution in [0.4, 0.5) is 0 Å². The van der Waals surface area contributed by atoms with Crippen molar-refractivity contribution in [1.29, 1.82) is 0 Å². The Labute approximate surface area is 101 Å². The van der Waals surface area contributed by atoms with E-state index in [0.717, 1.165) is 43.6 Å². The van der Waals surface area contributed by atoms with Crippen LogP contribution in [0.2, 0.25) is 0 Å². The molecule has 1 saturated heterocycles. The molecule has 0 unspecified atom stereocenters. The second kappa shape index (κ2) is 6.23. The molecule has 4 heteroatoms. The first-order chi connectivity index (χ1) is 7.84. The number of rotatable bonds is 4. The Hall–Kier alpha value is -0.580. The van der Waals surface area contributed by atoms with Crippen molar-refractivity contribution in [3.8, 4) is 0 Å². The monoisotopic (exact) mass is 238 g/mol. The Morgan fingerprint density at radius 3 is 3.00 bits per heavy atom. The molecule has 0 saturated carbocycles. The van der Waals surface area contributed by atoms with Crippen molar-refractivity contribution in [3.05, 3.63) is 23.9 Å². The summed E-state index contributed by atoms with van der Waals surface area (Å²) in [6.07, 6.45) is 1.88. The van der Waals surface area contributed by atoms with Crippen LogP contribution in [0.25, 0.3) is 0 Å². The first-order valence-corrected chi connectivity index (χ1v) is 6.69. The molecule has 3 nitrogen and oxygen atoms in total. The van der Waals surface area contributed by atoms with E-state index in [9.17, 15) is 0 Å². The van der Waals surface area contributed by atoms with E-state index in [1.807, 2.05) is 24.0 Å². The minimum Gasteiger partial charge on any atom is -0.379 e. The maximum atomic E-state index is 5.32. The Morgan fingerprint density at radius 2 is 2.25 bits per heavy atom. The molecule has 16 heavy (non-hydrogen) atoms. The highest BCUT2D eigenvalue weighted by Crippen LogP contribution is 2.16. The summed E-state index contributed by atoms with van der Waals surface area (Å²) in [6, 6.07) is 4.18. The zero-order valence-corrected chi connectivity index (χ0v) is 10.5. The molecule has 1 aliphatic rings. The normalized spacial score (nSPS) is 17.6. The number of morpholine rings is 1. The highest BCUT2D eigenvalue weighted by Gasteiger charge is 2.09. The molecule has 0 amide bonds. The van der Waals surface area contributed by atoms with E-state index in [1.54, 1.807) is 0 Å². The van der Waals surface area contributed by atoms with Gasteiger partial charge in [-0.05, 0) is 24.6 Å². The first kappa shape index (κ1) is 11.9. The molecule has 2 heterocycles. The molecule has 0 aromatic carbocycles. The fourth-order valence-corrected chi connectivity index (χ4v) is 2.65. The summed E-state index contributed by atoms with van der Waals surface area (Å²) in [6.45, 7) is 7.14. The summed E-state index contributed by atoms with van der Waals surface area (Å²) in [5.74, 6) is 1.11. The Kier molecular flexibility index (Phi) is 4.63. The molecule has 1 aromatic rings. The van der Waals surface area contributed by atoms with Crippen molar-refractivity contribution in [1.82, 2.24) is 9.88 Å². The number of pyridine rings is 1. The minimum absolute atomic E-state index is 0.882. The van der Waals surface area contributed by atoms with Gasteiger partial charge in [0, 0.05) is 31.6 Å². The van der Waals surface area contributed by atoms with Gasteiger partial charge in [-0.25, -0.2) is 4.98 Å². The van der Waals surface area contributed by atoms with Gasteiger partial charge in [0.1, 0.15) is 0 Å². The van der Waals surface area contributed by atoms with Gasteiger partial charge in [-0.2, -0.15) is 0 Å². The highest BCUT2D eigenvalue weighted by atomic mass is 32.2. The van der Waals surface area contributed by atoms with Crippen molar-refractivity contribution in [3.63, 3.8) is 0 Å².